The molecule has 126 valence electrons. The summed E-state index contributed by atoms with van der Waals surface area (Å²) in [4.78, 5) is 23.9. The van der Waals surface area contributed by atoms with Crippen LogP contribution in [0.2, 0.25) is 0 Å². The molecule has 0 unspecified atom stereocenters. The first-order valence-electron chi connectivity index (χ1n) is 7.41. The van der Waals surface area contributed by atoms with Crippen molar-refractivity contribution >= 4 is 44.3 Å². The molecule has 3 aromatic carbocycles. The van der Waals surface area contributed by atoms with Crippen molar-refractivity contribution in [2.75, 3.05) is 12.4 Å². The number of methoxy groups -OCH3 is 1. The molecule has 3 rings (SSSR count). The van der Waals surface area contributed by atoms with Gasteiger partial charge in [-0.05, 0) is 41.1 Å². The quantitative estimate of drug-likeness (QED) is 0.673. The van der Waals surface area contributed by atoms with Gasteiger partial charge in [0.25, 0.3) is 5.91 Å². The summed E-state index contributed by atoms with van der Waals surface area (Å²) in [5.41, 5.74) is 0.859. The van der Waals surface area contributed by atoms with Gasteiger partial charge >= 0.3 is 5.97 Å². The molecule has 5 nitrogen and oxygen atoms in total. The maximum Gasteiger partial charge on any atom is 0.335 e. The van der Waals surface area contributed by atoms with Crippen LogP contribution in [0.25, 0.3) is 10.8 Å². The number of hydrogen-bond donors (Lipinski definition) is 2. The molecule has 0 atom stereocenters. The monoisotopic (exact) mass is 399 g/mol. The molecule has 0 fully saturated rings. The first-order chi connectivity index (χ1) is 12.0. The van der Waals surface area contributed by atoms with Gasteiger partial charge in [0.2, 0.25) is 0 Å². The van der Waals surface area contributed by atoms with E-state index in [0.29, 0.717) is 17.0 Å². The van der Waals surface area contributed by atoms with Crippen LogP contribution in [0.4, 0.5) is 5.69 Å². The zero-order valence-corrected chi connectivity index (χ0v) is 14.8. The van der Waals surface area contributed by atoms with E-state index in [9.17, 15) is 9.59 Å². The van der Waals surface area contributed by atoms with Crippen molar-refractivity contribution < 1.29 is 19.4 Å². The smallest absolute Gasteiger partial charge is 0.335 e. The lowest BCUT2D eigenvalue weighted by Crippen LogP contribution is -2.14. The van der Waals surface area contributed by atoms with E-state index in [2.05, 4.69) is 21.2 Å². The van der Waals surface area contributed by atoms with Gasteiger partial charge in [-0.2, -0.15) is 0 Å². The van der Waals surface area contributed by atoms with Crippen LogP contribution in [0.15, 0.2) is 59.1 Å². The Morgan fingerprint density at radius 3 is 2.48 bits per heavy atom. The summed E-state index contributed by atoms with van der Waals surface area (Å²) in [5.74, 6) is -1.03. The second-order valence-electron chi connectivity index (χ2n) is 5.31. The molecule has 0 aliphatic carbocycles. The Kier molecular flexibility index (Phi) is 4.72. The molecule has 6 heteroatoms. The van der Waals surface area contributed by atoms with Crippen molar-refractivity contribution in [1.29, 1.82) is 0 Å². The summed E-state index contributed by atoms with van der Waals surface area (Å²) in [7, 11) is 1.46. The number of benzene rings is 3. The van der Waals surface area contributed by atoms with Crippen LogP contribution in [-0.4, -0.2) is 24.1 Å². The van der Waals surface area contributed by atoms with Gasteiger partial charge in [0.15, 0.2) is 0 Å². The number of rotatable bonds is 4. The van der Waals surface area contributed by atoms with E-state index < -0.39 is 5.97 Å². The molecular weight excluding hydrogens is 386 g/mol. The molecule has 0 aliphatic heterocycles. The van der Waals surface area contributed by atoms with E-state index in [1.807, 2.05) is 24.3 Å². The van der Waals surface area contributed by atoms with E-state index in [1.54, 1.807) is 12.1 Å². The Bertz CT molecular complexity index is 984. The predicted molar refractivity (Wildman–Crippen MR) is 99.6 cm³/mol. The zero-order chi connectivity index (χ0) is 18.0. The minimum absolute atomic E-state index is 0.0664. The predicted octanol–water partition coefficient (Wildman–Crippen LogP) is 4.56. The number of hydrogen-bond acceptors (Lipinski definition) is 3. The number of carbonyl (C=O) groups is 2. The van der Waals surface area contributed by atoms with Crippen LogP contribution in [0.1, 0.15) is 20.7 Å². The summed E-state index contributed by atoms with van der Waals surface area (Å²) in [6, 6.07) is 15.4. The standard InChI is InChI=1S/C19H14BrNO4/c1-25-17-9-8-11(19(23)24)10-16(17)21-18(22)14-6-2-5-13-12(14)4-3-7-15(13)20/h2-10H,1H3,(H,21,22)(H,23,24). The van der Waals surface area contributed by atoms with Gasteiger partial charge in [-0.25, -0.2) is 4.79 Å². The van der Waals surface area contributed by atoms with Gasteiger partial charge in [-0.3, -0.25) is 4.79 Å². The Labute approximate surface area is 152 Å². The fourth-order valence-electron chi connectivity index (χ4n) is 2.60. The van der Waals surface area contributed by atoms with Crippen LogP contribution < -0.4 is 10.1 Å². The summed E-state index contributed by atoms with van der Waals surface area (Å²) >= 11 is 3.48. The Morgan fingerprint density at radius 1 is 1.04 bits per heavy atom. The minimum Gasteiger partial charge on any atom is -0.495 e. The third kappa shape index (κ3) is 3.34. The highest BCUT2D eigenvalue weighted by atomic mass is 79.9. The lowest BCUT2D eigenvalue weighted by molar-refractivity contribution is 0.0696. The number of carboxylic acids is 1. The molecule has 0 saturated carbocycles. The molecule has 3 aromatic rings. The number of amides is 1. The summed E-state index contributed by atoms with van der Waals surface area (Å²) < 4.78 is 6.10. The Morgan fingerprint density at radius 2 is 1.76 bits per heavy atom. The molecule has 2 N–H and O–H groups in total. The largest absolute Gasteiger partial charge is 0.495 e. The van der Waals surface area contributed by atoms with E-state index >= 15 is 0 Å². The van der Waals surface area contributed by atoms with Crippen molar-refractivity contribution in [1.82, 2.24) is 0 Å². The minimum atomic E-state index is -1.08. The lowest BCUT2D eigenvalue weighted by atomic mass is 10.0. The molecular formula is C19H14BrNO4. The van der Waals surface area contributed by atoms with Gasteiger partial charge in [-0.15, -0.1) is 0 Å². The third-order valence-electron chi connectivity index (χ3n) is 3.81. The summed E-state index contributed by atoms with van der Waals surface area (Å²) in [5, 5.41) is 13.6. The van der Waals surface area contributed by atoms with Crippen LogP contribution in [0, 0.1) is 0 Å². The lowest BCUT2D eigenvalue weighted by Gasteiger charge is -2.12. The van der Waals surface area contributed by atoms with Crippen molar-refractivity contribution in [3.05, 3.63) is 70.2 Å². The van der Waals surface area contributed by atoms with Gasteiger partial charge < -0.3 is 15.2 Å². The normalized spacial score (nSPS) is 10.5. The fourth-order valence-corrected chi connectivity index (χ4v) is 3.10. The number of carbonyl (C=O) groups excluding carboxylic acids is 1. The number of carboxylic acid groups (broad SMARTS) is 1. The highest BCUT2D eigenvalue weighted by Crippen LogP contribution is 2.29. The van der Waals surface area contributed by atoms with Crippen LogP contribution >= 0.6 is 15.9 Å². The van der Waals surface area contributed by atoms with Crippen molar-refractivity contribution in [3.8, 4) is 5.75 Å². The molecule has 0 spiro atoms. The van der Waals surface area contributed by atoms with Crippen molar-refractivity contribution in [3.63, 3.8) is 0 Å². The highest BCUT2D eigenvalue weighted by Gasteiger charge is 2.15. The van der Waals surface area contributed by atoms with Crippen LogP contribution in [0.3, 0.4) is 0 Å². The molecule has 0 aromatic heterocycles. The Balaban J connectivity index is 2.02. The fraction of sp³-hybridized carbons (Fsp3) is 0.0526. The number of anilines is 1. The second-order valence-corrected chi connectivity index (χ2v) is 6.17. The maximum absolute atomic E-state index is 12.8. The number of aromatic carboxylic acids is 1. The number of ether oxygens (including phenoxy) is 1. The van der Waals surface area contributed by atoms with Crippen molar-refractivity contribution in [2.24, 2.45) is 0 Å². The molecule has 0 heterocycles. The van der Waals surface area contributed by atoms with Crippen LogP contribution in [-0.2, 0) is 0 Å². The molecule has 0 radical (unpaired) electrons. The topological polar surface area (TPSA) is 75.6 Å². The SMILES string of the molecule is COc1ccc(C(=O)O)cc1NC(=O)c1cccc2c(Br)cccc12. The third-order valence-corrected chi connectivity index (χ3v) is 4.50. The highest BCUT2D eigenvalue weighted by molar-refractivity contribution is 9.10. The van der Waals surface area contributed by atoms with Gasteiger partial charge in [0.05, 0.1) is 18.4 Å². The first kappa shape index (κ1) is 17.0. The average molecular weight is 400 g/mol. The zero-order valence-electron chi connectivity index (χ0n) is 13.2. The van der Waals surface area contributed by atoms with Gasteiger partial charge in [0.1, 0.15) is 5.75 Å². The summed E-state index contributed by atoms with van der Waals surface area (Å²) in [6.07, 6.45) is 0. The molecule has 1 amide bonds. The van der Waals surface area contributed by atoms with Gasteiger partial charge in [0, 0.05) is 10.0 Å². The van der Waals surface area contributed by atoms with Gasteiger partial charge in [-0.1, -0.05) is 40.2 Å². The van der Waals surface area contributed by atoms with Crippen molar-refractivity contribution in [2.45, 2.75) is 0 Å². The number of halogens is 1. The number of fused-ring (bicyclic) bond motifs is 1. The van der Waals surface area contributed by atoms with E-state index in [-0.39, 0.29) is 11.5 Å². The average Bonchev–Trinajstić information content (AvgIpc) is 2.61. The molecule has 0 bridgehead atoms. The maximum atomic E-state index is 12.8. The van der Waals surface area contributed by atoms with Crippen LogP contribution in [0.5, 0.6) is 5.75 Å². The second kappa shape index (κ2) is 6.94. The number of nitrogens with one attached hydrogen (secondary N) is 1. The van der Waals surface area contributed by atoms with E-state index in [4.69, 9.17) is 9.84 Å². The molecule has 0 aliphatic rings. The van der Waals surface area contributed by atoms with E-state index in [0.717, 1.165) is 15.2 Å². The first-order valence-corrected chi connectivity index (χ1v) is 8.20. The summed E-state index contributed by atoms with van der Waals surface area (Å²) in [6.45, 7) is 0. The van der Waals surface area contributed by atoms with E-state index in [1.165, 1.54) is 25.3 Å². The molecule has 0 saturated heterocycles. The Hall–Kier alpha value is -2.86. The molecule has 25 heavy (non-hydrogen) atoms.